The molecule has 3 amide bonds. The summed E-state index contributed by atoms with van der Waals surface area (Å²) in [5.74, 6) is -7.25. The lowest BCUT2D eigenvalue weighted by molar-refractivity contribution is -0.188. The lowest BCUT2D eigenvalue weighted by Gasteiger charge is -2.29. The third-order valence-electron chi connectivity index (χ3n) is 6.46. The molecule has 2 aromatic carbocycles. The molecule has 0 aromatic heterocycles. The first-order valence-corrected chi connectivity index (χ1v) is 13.3. The summed E-state index contributed by atoms with van der Waals surface area (Å²) in [5, 5.41) is 7.38. The summed E-state index contributed by atoms with van der Waals surface area (Å²) >= 11 is 6.07. The SMILES string of the molecule is COc1ccc(C(NC(=O)C(C)NC(=O)C2(c3cccc(Cl)c3)OCCO2)C(=O)NC(C(=O)C(F)(F)F)C(C)C)cc1. The maximum absolute atomic E-state index is 13.3. The van der Waals surface area contributed by atoms with E-state index in [0.29, 0.717) is 16.3 Å². The van der Waals surface area contributed by atoms with Gasteiger partial charge in [0.05, 0.1) is 26.4 Å². The summed E-state index contributed by atoms with van der Waals surface area (Å²) in [6, 6.07) is 7.36. The molecule has 0 bridgehead atoms. The molecule has 0 saturated carbocycles. The fourth-order valence-corrected chi connectivity index (χ4v) is 4.39. The van der Waals surface area contributed by atoms with Crippen LogP contribution in [-0.2, 0) is 34.4 Å². The molecule has 0 aliphatic carbocycles. The fourth-order valence-electron chi connectivity index (χ4n) is 4.20. The van der Waals surface area contributed by atoms with Gasteiger partial charge in [-0.25, -0.2) is 0 Å². The van der Waals surface area contributed by atoms with Crippen molar-refractivity contribution in [1.29, 1.82) is 0 Å². The average molecular weight is 614 g/mol. The topological polar surface area (TPSA) is 132 Å². The number of ether oxygens (including phenoxy) is 3. The highest BCUT2D eigenvalue weighted by atomic mass is 35.5. The van der Waals surface area contributed by atoms with Gasteiger partial charge in [0.25, 0.3) is 17.5 Å². The number of halogens is 4. The van der Waals surface area contributed by atoms with E-state index in [-0.39, 0.29) is 18.8 Å². The Morgan fingerprint density at radius 2 is 1.55 bits per heavy atom. The number of carbonyl (C=O) groups excluding carboxylic acids is 4. The van der Waals surface area contributed by atoms with E-state index in [4.69, 9.17) is 25.8 Å². The van der Waals surface area contributed by atoms with Crippen molar-refractivity contribution in [2.75, 3.05) is 20.3 Å². The van der Waals surface area contributed by atoms with E-state index in [1.54, 1.807) is 18.2 Å². The van der Waals surface area contributed by atoms with E-state index in [0.717, 1.165) is 0 Å². The van der Waals surface area contributed by atoms with Gasteiger partial charge in [0.15, 0.2) is 0 Å². The molecule has 0 radical (unpaired) electrons. The summed E-state index contributed by atoms with van der Waals surface area (Å²) < 4.78 is 56.0. The monoisotopic (exact) mass is 613 g/mol. The molecule has 10 nitrogen and oxygen atoms in total. The first-order valence-electron chi connectivity index (χ1n) is 12.9. The number of Topliss-reactive ketones (excluding diaryl/α,β-unsaturated/α-hetero) is 1. The van der Waals surface area contributed by atoms with Crippen molar-refractivity contribution in [3.8, 4) is 5.75 Å². The summed E-state index contributed by atoms with van der Waals surface area (Å²) in [4.78, 5) is 51.8. The van der Waals surface area contributed by atoms with Crippen LogP contribution < -0.4 is 20.7 Å². The van der Waals surface area contributed by atoms with E-state index in [9.17, 15) is 32.3 Å². The zero-order chi connectivity index (χ0) is 31.2. The molecule has 3 unspecified atom stereocenters. The van der Waals surface area contributed by atoms with Crippen LogP contribution in [0.3, 0.4) is 0 Å². The standard InChI is InChI=1S/C28H31ClF3N3O7/c1-15(2)21(23(36)28(30,31)32)34-25(38)22(17-8-10-20(40-4)11-9-17)35-24(37)16(3)33-26(39)27(41-12-13-42-27)18-6-5-7-19(29)14-18/h5-11,14-16,21-22H,12-13H2,1-4H3,(H,33,39)(H,34,38)(H,35,37). The molecule has 1 aliphatic rings. The minimum atomic E-state index is -5.19. The van der Waals surface area contributed by atoms with E-state index in [1.165, 1.54) is 58.2 Å². The minimum absolute atomic E-state index is 0.0912. The normalized spacial score (nSPS) is 16.7. The third-order valence-corrected chi connectivity index (χ3v) is 6.70. The van der Waals surface area contributed by atoms with Crippen LogP contribution in [0.1, 0.15) is 37.9 Å². The Labute approximate surface area is 245 Å². The molecule has 1 fully saturated rings. The van der Waals surface area contributed by atoms with E-state index in [1.807, 2.05) is 0 Å². The van der Waals surface area contributed by atoms with Crippen LogP contribution in [0, 0.1) is 5.92 Å². The molecule has 2 aromatic rings. The molecule has 0 spiro atoms. The molecule has 42 heavy (non-hydrogen) atoms. The van der Waals surface area contributed by atoms with Gasteiger partial charge in [0.1, 0.15) is 17.8 Å². The van der Waals surface area contributed by atoms with Gasteiger partial charge in [-0.1, -0.05) is 49.7 Å². The molecule has 3 N–H and O–H groups in total. The lowest BCUT2D eigenvalue weighted by atomic mass is 9.97. The number of rotatable bonds is 11. The highest BCUT2D eigenvalue weighted by Gasteiger charge is 2.48. The van der Waals surface area contributed by atoms with Gasteiger partial charge < -0.3 is 30.2 Å². The number of benzene rings is 2. The predicted molar refractivity (Wildman–Crippen MR) is 144 cm³/mol. The quantitative estimate of drug-likeness (QED) is 0.355. The Bertz CT molecular complexity index is 1300. The van der Waals surface area contributed by atoms with Crippen LogP contribution in [0.15, 0.2) is 48.5 Å². The zero-order valence-corrected chi connectivity index (χ0v) is 24.0. The number of nitrogens with one attached hydrogen (secondary N) is 3. The molecule has 228 valence electrons. The lowest BCUT2D eigenvalue weighted by Crippen LogP contribution is -2.56. The van der Waals surface area contributed by atoms with Gasteiger partial charge in [-0.3, -0.25) is 19.2 Å². The molecule has 1 saturated heterocycles. The number of hydrogen-bond donors (Lipinski definition) is 3. The second-order valence-electron chi connectivity index (χ2n) is 9.83. The summed E-state index contributed by atoms with van der Waals surface area (Å²) in [6.07, 6.45) is -5.19. The summed E-state index contributed by atoms with van der Waals surface area (Å²) in [5.41, 5.74) is 0.474. The van der Waals surface area contributed by atoms with Crippen molar-refractivity contribution in [3.63, 3.8) is 0 Å². The second kappa shape index (κ2) is 13.5. The van der Waals surface area contributed by atoms with E-state index >= 15 is 0 Å². The average Bonchev–Trinajstić information content (AvgIpc) is 3.45. The molecule has 1 heterocycles. The van der Waals surface area contributed by atoms with E-state index < -0.39 is 59.5 Å². The van der Waals surface area contributed by atoms with Crippen molar-refractivity contribution in [1.82, 2.24) is 16.0 Å². The number of amides is 3. The summed E-state index contributed by atoms with van der Waals surface area (Å²) in [7, 11) is 1.41. The largest absolute Gasteiger partial charge is 0.497 e. The zero-order valence-electron chi connectivity index (χ0n) is 23.2. The van der Waals surface area contributed by atoms with Crippen molar-refractivity contribution >= 4 is 35.1 Å². The van der Waals surface area contributed by atoms with Crippen molar-refractivity contribution in [3.05, 3.63) is 64.7 Å². The van der Waals surface area contributed by atoms with Gasteiger partial charge in [-0.2, -0.15) is 13.2 Å². The third kappa shape index (κ3) is 7.58. The Morgan fingerprint density at radius 1 is 0.929 bits per heavy atom. The molecule has 1 aliphatic heterocycles. The predicted octanol–water partition coefficient (Wildman–Crippen LogP) is 3.18. The van der Waals surface area contributed by atoms with Gasteiger partial charge in [-0.15, -0.1) is 0 Å². The highest BCUT2D eigenvalue weighted by molar-refractivity contribution is 6.30. The van der Waals surface area contributed by atoms with Crippen LogP contribution in [0.5, 0.6) is 5.75 Å². The maximum atomic E-state index is 13.3. The van der Waals surface area contributed by atoms with Crippen molar-refractivity contribution in [2.45, 2.75) is 50.9 Å². The van der Waals surface area contributed by atoms with Gasteiger partial charge in [-0.05, 0) is 42.7 Å². The fraction of sp³-hybridized carbons (Fsp3) is 0.429. The molecule has 14 heteroatoms. The molecule has 3 atom stereocenters. The first-order chi connectivity index (χ1) is 19.7. The Balaban J connectivity index is 1.84. The van der Waals surface area contributed by atoms with E-state index in [2.05, 4.69) is 16.0 Å². The van der Waals surface area contributed by atoms with Gasteiger partial charge in [0, 0.05) is 10.6 Å². The van der Waals surface area contributed by atoms with Crippen LogP contribution >= 0.6 is 11.6 Å². The number of alkyl halides is 3. The Kier molecular flexibility index (Phi) is 10.6. The number of carbonyl (C=O) groups is 4. The Hall–Kier alpha value is -3.68. The maximum Gasteiger partial charge on any atom is 0.452 e. The van der Waals surface area contributed by atoms with Crippen LogP contribution in [0.25, 0.3) is 0 Å². The van der Waals surface area contributed by atoms with Gasteiger partial charge in [0.2, 0.25) is 11.8 Å². The highest BCUT2D eigenvalue weighted by Crippen LogP contribution is 2.33. The van der Waals surface area contributed by atoms with Crippen molar-refractivity contribution in [2.24, 2.45) is 5.92 Å². The number of ketones is 1. The smallest absolute Gasteiger partial charge is 0.452 e. The molecular formula is C28H31ClF3N3O7. The minimum Gasteiger partial charge on any atom is -0.497 e. The first kappa shape index (κ1) is 32.8. The van der Waals surface area contributed by atoms with Crippen molar-refractivity contribution < 1.29 is 46.6 Å². The number of hydrogen-bond acceptors (Lipinski definition) is 7. The Morgan fingerprint density at radius 3 is 2.07 bits per heavy atom. The van der Waals surface area contributed by atoms with Gasteiger partial charge >= 0.3 is 6.18 Å². The molecular weight excluding hydrogens is 583 g/mol. The number of methoxy groups -OCH3 is 1. The van der Waals surface area contributed by atoms with Crippen LogP contribution in [0.2, 0.25) is 5.02 Å². The van der Waals surface area contributed by atoms with Crippen LogP contribution in [0.4, 0.5) is 13.2 Å². The van der Waals surface area contributed by atoms with Crippen LogP contribution in [-0.4, -0.2) is 62.1 Å². The molecule has 3 rings (SSSR count). The summed E-state index contributed by atoms with van der Waals surface area (Å²) in [6.45, 7) is 4.20. The second-order valence-corrected chi connectivity index (χ2v) is 10.3.